The molecule has 6 nitrogen and oxygen atoms in total. The van der Waals surface area contributed by atoms with E-state index in [1.807, 2.05) is 18.2 Å². The van der Waals surface area contributed by atoms with E-state index in [0.717, 1.165) is 73.4 Å². The van der Waals surface area contributed by atoms with Gasteiger partial charge in [-0.2, -0.15) is 0 Å². The second-order valence-corrected chi connectivity index (χ2v) is 7.59. The zero-order chi connectivity index (χ0) is 20.6. The standard InChI is InChI=1S/C22H32N4O2S/c1-4-23-22(29)26(15-18-13-10-14-27-18)16-19-20(17-11-8-7-9-12-17)24-28-21(19)25(5-2)6-3/h7-9,11-12,18H,4-6,10,13-16H2,1-3H3,(H,23,29)/t18-/m0/s1. The van der Waals surface area contributed by atoms with Gasteiger partial charge < -0.3 is 24.4 Å². The van der Waals surface area contributed by atoms with Gasteiger partial charge in [0.15, 0.2) is 5.11 Å². The summed E-state index contributed by atoms with van der Waals surface area (Å²) in [6, 6.07) is 10.2. The molecular formula is C22H32N4O2S. The molecular weight excluding hydrogens is 384 g/mol. The van der Waals surface area contributed by atoms with Crippen molar-refractivity contribution >= 4 is 23.2 Å². The van der Waals surface area contributed by atoms with Crippen molar-refractivity contribution in [2.75, 3.05) is 37.7 Å². The molecule has 1 aliphatic heterocycles. The molecule has 0 unspecified atom stereocenters. The predicted molar refractivity (Wildman–Crippen MR) is 121 cm³/mol. The van der Waals surface area contributed by atoms with E-state index in [4.69, 9.17) is 21.5 Å². The topological polar surface area (TPSA) is 53.8 Å². The molecule has 1 saturated heterocycles. The molecule has 7 heteroatoms. The van der Waals surface area contributed by atoms with E-state index in [1.165, 1.54) is 0 Å². The lowest BCUT2D eigenvalue weighted by Crippen LogP contribution is -2.43. The number of nitrogens with one attached hydrogen (secondary N) is 1. The summed E-state index contributed by atoms with van der Waals surface area (Å²) in [7, 11) is 0. The molecule has 0 radical (unpaired) electrons. The summed E-state index contributed by atoms with van der Waals surface area (Å²) >= 11 is 5.70. The van der Waals surface area contributed by atoms with Gasteiger partial charge in [-0.3, -0.25) is 0 Å². The van der Waals surface area contributed by atoms with E-state index < -0.39 is 0 Å². The van der Waals surface area contributed by atoms with Crippen LogP contribution in [0.5, 0.6) is 0 Å². The predicted octanol–water partition coefficient (Wildman–Crippen LogP) is 4.06. The number of anilines is 1. The first kappa shape index (κ1) is 21.6. The molecule has 2 heterocycles. The van der Waals surface area contributed by atoms with Gasteiger partial charge in [-0.25, -0.2) is 0 Å². The summed E-state index contributed by atoms with van der Waals surface area (Å²) in [5, 5.41) is 8.50. The zero-order valence-electron chi connectivity index (χ0n) is 17.7. The van der Waals surface area contributed by atoms with Crippen LogP contribution in [0.2, 0.25) is 0 Å². The van der Waals surface area contributed by atoms with Crippen LogP contribution < -0.4 is 10.2 Å². The van der Waals surface area contributed by atoms with E-state index in [-0.39, 0.29) is 6.10 Å². The molecule has 0 amide bonds. The minimum Gasteiger partial charge on any atom is -0.376 e. The third-order valence-corrected chi connectivity index (χ3v) is 5.68. The first-order chi connectivity index (χ1) is 14.2. The number of thiocarbonyl (C=S) groups is 1. The monoisotopic (exact) mass is 416 g/mol. The summed E-state index contributed by atoms with van der Waals surface area (Å²) in [6.45, 7) is 11.1. The minimum absolute atomic E-state index is 0.212. The van der Waals surface area contributed by atoms with Gasteiger partial charge in [-0.1, -0.05) is 35.5 Å². The highest BCUT2D eigenvalue weighted by atomic mass is 32.1. The van der Waals surface area contributed by atoms with Gasteiger partial charge in [0.05, 0.1) is 18.2 Å². The molecule has 1 aromatic carbocycles. The van der Waals surface area contributed by atoms with E-state index >= 15 is 0 Å². The van der Waals surface area contributed by atoms with Crippen molar-refractivity contribution < 1.29 is 9.26 Å². The van der Waals surface area contributed by atoms with Crippen LogP contribution in [0.15, 0.2) is 34.9 Å². The average Bonchev–Trinajstić information content (AvgIpc) is 3.40. The molecule has 0 spiro atoms. The lowest BCUT2D eigenvalue weighted by atomic mass is 10.1. The van der Waals surface area contributed by atoms with Crippen molar-refractivity contribution in [3.05, 3.63) is 35.9 Å². The van der Waals surface area contributed by atoms with Crippen LogP contribution in [0.3, 0.4) is 0 Å². The molecule has 1 N–H and O–H groups in total. The van der Waals surface area contributed by atoms with Crippen molar-refractivity contribution in [1.82, 2.24) is 15.4 Å². The normalized spacial score (nSPS) is 16.0. The van der Waals surface area contributed by atoms with Crippen LogP contribution in [-0.4, -0.2) is 54.1 Å². The van der Waals surface area contributed by atoms with E-state index in [2.05, 4.69) is 53.2 Å². The lowest BCUT2D eigenvalue weighted by molar-refractivity contribution is 0.0898. The van der Waals surface area contributed by atoms with Crippen LogP contribution in [0.4, 0.5) is 5.88 Å². The molecule has 29 heavy (non-hydrogen) atoms. The van der Waals surface area contributed by atoms with Crippen molar-refractivity contribution in [2.45, 2.75) is 46.3 Å². The van der Waals surface area contributed by atoms with Gasteiger partial charge >= 0.3 is 0 Å². The Morgan fingerprint density at radius 1 is 1.21 bits per heavy atom. The number of nitrogens with zero attached hydrogens (tertiary/aromatic N) is 3. The molecule has 0 bridgehead atoms. The number of hydrogen-bond donors (Lipinski definition) is 1. The van der Waals surface area contributed by atoms with Crippen LogP contribution in [0.25, 0.3) is 11.3 Å². The number of ether oxygens (including phenoxy) is 1. The Hall–Kier alpha value is -2.12. The maximum atomic E-state index is 5.89. The fourth-order valence-corrected chi connectivity index (χ4v) is 4.02. The Labute approximate surface area is 179 Å². The van der Waals surface area contributed by atoms with Gasteiger partial charge in [0, 0.05) is 38.3 Å². The van der Waals surface area contributed by atoms with E-state index in [0.29, 0.717) is 6.54 Å². The molecule has 2 aromatic rings. The lowest BCUT2D eigenvalue weighted by Gasteiger charge is -2.29. The fourth-order valence-electron chi connectivity index (χ4n) is 3.73. The third kappa shape index (κ3) is 5.28. The molecule has 1 aliphatic rings. The quantitative estimate of drug-likeness (QED) is 0.619. The highest BCUT2D eigenvalue weighted by Gasteiger charge is 2.27. The van der Waals surface area contributed by atoms with E-state index in [9.17, 15) is 0 Å². The Morgan fingerprint density at radius 3 is 2.59 bits per heavy atom. The van der Waals surface area contributed by atoms with Crippen molar-refractivity contribution in [2.24, 2.45) is 0 Å². The van der Waals surface area contributed by atoms with Gasteiger partial charge in [0.25, 0.3) is 0 Å². The number of aromatic nitrogens is 1. The number of rotatable bonds is 9. The molecule has 0 aliphatic carbocycles. The molecule has 0 saturated carbocycles. The molecule has 158 valence electrons. The largest absolute Gasteiger partial charge is 0.376 e. The molecule has 1 aromatic heterocycles. The third-order valence-electron chi connectivity index (χ3n) is 5.28. The Kier molecular flexibility index (Phi) is 7.89. The summed E-state index contributed by atoms with van der Waals surface area (Å²) in [5.41, 5.74) is 3.00. The van der Waals surface area contributed by atoms with Crippen molar-refractivity contribution in [3.63, 3.8) is 0 Å². The van der Waals surface area contributed by atoms with Crippen LogP contribution in [-0.2, 0) is 11.3 Å². The molecule has 1 fully saturated rings. The first-order valence-electron chi connectivity index (χ1n) is 10.6. The maximum absolute atomic E-state index is 5.89. The summed E-state index contributed by atoms with van der Waals surface area (Å²) in [4.78, 5) is 4.40. The smallest absolute Gasteiger partial charge is 0.232 e. The van der Waals surface area contributed by atoms with Crippen LogP contribution in [0, 0.1) is 0 Å². The summed E-state index contributed by atoms with van der Waals surface area (Å²) in [6.07, 6.45) is 2.40. The van der Waals surface area contributed by atoms with Gasteiger partial charge in [0.1, 0.15) is 5.69 Å². The number of hydrogen-bond acceptors (Lipinski definition) is 5. The Balaban J connectivity index is 1.95. The van der Waals surface area contributed by atoms with Gasteiger partial charge in [0.2, 0.25) is 5.88 Å². The van der Waals surface area contributed by atoms with Crippen molar-refractivity contribution in [1.29, 1.82) is 0 Å². The Bertz CT molecular complexity index is 770. The second kappa shape index (κ2) is 10.6. The number of benzene rings is 1. The van der Waals surface area contributed by atoms with Gasteiger partial charge in [-0.05, 0) is 45.8 Å². The SMILES string of the molecule is CCNC(=S)N(Cc1c(-c2ccccc2)noc1N(CC)CC)C[C@@H]1CCCO1. The molecule has 1 atom stereocenters. The molecule has 3 rings (SSSR count). The van der Waals surface area contributed by atoms with Crippen LogP contribution >= 0.6 is 12.2 Å². The minimum atomic E-state index is 0.212. The van der Waals surface area contributed by atoms with Gasteiger partial charge in [-0.15, -0.1) is 0 Å². The average molecular weight is 417 g/mol. The highest BCUT2D eigenvalue weighted by molar-refractivity contribution is 7.80. The van der Waals surface area contributed by atoms with Crippen molar-refractivity contribution in [3.8, 4) is 11.3 Å². The second-order valence-electron chi connectivity index (χ2n) is 7.20. The first-order valence-corrected chi connectivity index (χ1v) is 11.0. The highest BCUT2D eigenvalue weighted by Crippen LogP contribution is 2.32. The Morgan fingerprint density at radius 2 is 1.97 bits per heavy atom. The summed E-state index contributed by atoms with van der Waals surface area (Å²) < 4.78 is 11.7. The maximum Gasteiger partial charge on any atom is 0.232 e. The summed E-state index contributed by atoms with van der Waals surface area (Å²) in [5.74, 6) is 0.825. The zero-order valence-corrected chi connectivity index (χ0v) is 18.5. The van der Waals surface area contributed by atoms with E-state index in [1.54, 1.807) is 0 Å². The fraction of sp³-hybridized carbons (Fsp3) is 0.545. The van der Waals surface area contributed by atoms with Crippen LogP contribution in [0.1, 0.15) is 39.2 Å².